The Kier molecular flexibility index (Phi) is 4.77. The van der Waals surface area contributed by atoms with Gasteiger partial charge in [-0.3, -0.25) is 9.59 Å². The molecule has 0 saturated carbocycles. The van der Waals surface area contributed by atoms with Crippen molar-refractivity contribution in [3.8, 4) is 0 Å². The molecule has 0 aliphatic rings. The zero-order chi connectivity index (χ0) is 10.5. The highest BCUT2D eigenvalue weighted by molar-refractivity contribution is 6.26. The summed E-state index contributed by atoms with van der Waals surface area (Å²) in [5.41, 5.74) is -1.11. The SMILES string of the molecule is CC[C@](C)(OC(=O)CCl)C(=O)NC. The molecule has 0 spiro atoms. The summed E-state index contributed by atoms with van der Waals surface area (Å²) in [6.45, 7) is 3.31. The van der Waals surface area contributed by atoms with Crippen LogP contribution in [0.4, 0.5) is 0 Å². The van der Waals surface area contributed by atoms with Gasteiger partial charge >= 0.3 is 5.97 Å². The van der Waals surface area contributed by atoms with Gasteiger partial charge in [0, 0.05) is 7.05 Å². The number of amides is 1. The van der Waals surface area contributed by atoms with Crippen LogP contribution in [-0.4, -0.2) is 30.4 Å². The number of carbonyl (C=O) groups is 2. The van der Waals surface area contributed by atoms with E-state index in [9.17, 15) is 9.59 Å². The molecule has 13 heavy (non-hydrogen) atoms. The topological polar surface area (TPSA) is 55.4 Å². The highest BCUT2D eigenvalue weighted by atomic mass is 35.5. The molecular weight excluding hydrogens is 194 g/mol. The van der Waals surface area contributed by atoms with Crippen LogP contribution in [0.5, 0.6) is 0 Å². The maximum absolute atomic E-state index is 11.3. The summed E-state index contributed by atoms with van der Waals surface area (Å²) >= 11 is 5.26. The number of hydrogen-bond acceptors (Lipinski definition) is 3. The van der Waals surface area contributed by atoms with E-state index >= 15 is 0 Å². The fourth-order valence-corrected chi connectivity index (χ4v) is 0.877. The molecule has 0 aromatic heterocycles. The van der Waals surface area contributed by atoms with Crippen molar-refractivity contribution < 1.29 is 14.3 Å². The number of carbonyl (C=O) groups excluding carboxylic acids is 2. The zero-order valence-corrected chi connectivity index (χ0v) is 8.77. The Hall–Kier alpha value is -0.770. The third-order valence-corrected chi connectivity index (χ3v) is 2.05. The average Bonchev–Trinajstić information content (AvgIpc) is 2.15. The van der Waals surface area contributed by atoms with Gasteiger partial charge in [-0.25, -0.2) is 0 Å². The maximum Gasteiger partial charge on any atom is 0.321 e. The molecule has 1 amide bonds. The predicted molar refractivity (Wildman–Crippen MR) is 49.6 cm³/mol. The lowest BCUT2D eigenvalue weighted by Gasteiger charge is -2.25. The minimum absolute atomic E-state index is 0.243. The van der Waals surface area contributed by atoms with Crippen molar-refractivity contribution >= 4 is 23.5 Å². The van der Waals surface area contributed by atoms with Gasteiger partial charge in [-0.15, -0.1) is 11.6 Å². The fourth-order valence-electron chi connectivity index (χ4n) is 0.822. The summed E-state index contributed by atoms with van der Waals surface area (Å²) in [6.07, 6.45) is 0.412. The summed E-state index contributed by atoms with van der Waals surface area (Å²) in [5, 5.41) is 2.43. The summed E-state index contributed by atoms with van der Waals surface area (Å²) in [6, 6.07) is 0. The summed E-state index contributed by atoms with van der Waals surface area (Å²) in [5.74, 6) is -1.16. The predicted octanol–water partition coefficient (Wildman–Crippen LogP) is 0.683. The van der Waals surface area contributed by atoms with E-state index in [-0.39, 0.29) is 11.8 Å². The molecule has 0 heterocycles. The van der Waals surface area contributed by atoms with Gasteiger partial charge in [-0.2, -0.15) is 0 Å². The van der Waals surface area contributed by atoms with E-state index in [1.807, 2.05) is 0 Å². The molecule has 1 atom stereocenters. The van der Waals surface area contributed by atoms with Crippen LogP contribution < -0.4 is 5.32 Å². The average molecular weight is 208 g/mol. The Morgan fingerprint density at radius 3 is 2.38 bits per heavy atom. The van der Waals surface area contributed by atoms with Gasteiger partial charge < -0.3 is 10.1 Å². The molecule has 5 heteroatoms. The Morgan fingerprint density at radius 1 is 1.54 bits per heavy atom. The van der Waals surface area contributed by atoms with Crippen LogP contribution in [0.15, 0.2) is 0 Å². The standard InChI is InChI=1S/C8H14ClNO3/c1-4-8(2,7(12)10-3)13-6(11)5-9/h4-5H2,1-3H3,(H,10,12)/t8-/m0/s1. The second-order valence-electron chi connectivity index (χ2n) is 2.77. The fraction of sp³-hybridized carbons (Fsp3) is 0.750. The van der Waals surface area contributed by atoms with Crippen LogP contribution in [0.25, 0.3) is 0 Å². The van der Waals surface area contributed by atoms with E-state index in [1.54, 1.807) is 13.8 Å². The maximum atomic E-state index is 11.3. The minimum atomic E-state index is -1.11. The van der Waals surface area contributed by atoms with Crippen LogP contribution in [0.1, 0.15) is 20.3 Å². The number of alkyl halides is 1. The molecule has 0 fully saturated rings. The van der Waals surface area contributed by atoms with Gasteiger partial charge in [0.1, 0.15) is 5.88 Å². The first-order valence-corrected chi connectivity index (χ1v) is 4.53. The number of nitrogens with one attached hydrogen (secondary N) is 1. The first kappa shape index (κ1) is 12.2. The van der Waals surface area contributed by atoms with Crippen molar-refractivity contribution in [1.82, 2.24) is 5.32 Å². The number of rotatable bonds is 4. The lowest BCUT2D eigenvalue weighted by atomic mass is 10.0. The summed E-state index contributed by atoms with van der Waals surface area (Å²) in [7, 11) is 1.49. The largest absolute Gasteiger partial charge is 0.448 e. The van der Waals surface area contributed by atoms with Gasteiger partial charge in [0.05, 0.1) is 0 Å². The van der Waals surface area contributed by atoms with E-state index in [0.717, 1.165) is 0 Å². The van der Waals surface area contributed by atoms with Gasteiger partial charge in [0.2, 0.25) is 0 Å². The number of ether oxygens (including phenoxy) is 1. The van der Waals surface area contributed by atoms with Crippen LogP contribution in [-0.2, 0) is 14.3 Å². The van der Waals surface area contributed by atoms with Crippen LogP contribution in [0, 0.1) is 0 Å². The lowest BCUT2D eigenvalue weighted by molar-refractivity contribution is -0.164. The van der Waals surface area contributed by atoms with Crippen molar-refractivity contribution in [3.63, 3.8) is 0 Å². The molecule has 1 N–H and O–H groups in total. The van der Waals surface area contributed by atoms with E-state index in [0.29, 0.717) is 6.42 Å². The third-order valence-electron chi connectivity index (χ3n) is 1.83. The van der Waals surface area contributed by atoms with Crippen molar-refractivity contribution in [2.45, 2.75) is 25.9 Å². The Balaban J connectivity index is 4.45. The lowest BCUT2D eigenvalue weighted by Crippen LogP contribution is -2.46. The molecule has 0 aromatic rings. The van der Waals surface area contributed by atoms with Crippen LogP contribution in [0.3, 0.4) is 0 Å². The monoisotopic (exact) mass is 207 g/mol. The highest BCUT2D eigenvalue weighted by Gasteiger charge is 2.34. The molecule has 0 rings (SSSR count). The molecule has 0 saturated heterocycles. The number of halogens is 1. The molecule has 0 radical (unpaired) electrons. The van der Waals surface area contributed by atoms with Crippen LogP contribution >= 0.6 is 11.6 Å². The van der Waals surface area contributed by atoms with Crippen molar-refractivity contribution in [3.05, 3.63) is 0 Å². The van der Waals surface area contributed by atoms with E-state index in [2.05, 4.69) is 5.32 Å². The normalized spacial score (nSPS) is 14.5. The number of hydrogen-bond donors (Lipinski definition) is 1. The van der Waals surface area contributed by atoms with Gasteiger partial charge in [0.25, 0.3) is 5.91 Å². The Bertz CT molecular complexity index is 208. The molecule has 0 bridgehead atoms. The van der Waals surface area contributed by atoms with E-state index in [1.165, 1.54) is 7.05 Å². The van der Waals surface area contributed by atoms with E-state index < -0.39 is 11.6 Å². The summed E-state index contributed by atoms with van der Waals surface area (Å²) in [4.78, 5) is 22.2. The first-order chi connectivity index (χ1) is 6.00. The van der Waals surface area contributed by atoms with E-state index in [4.69, 9.17) is 16.3 Å². The van der Waals surface area contributed by atoms with Crippen LogP contribution in [0.2, 0.25) is 0 Å². The van der Waals surface area contributed by atoms with Gasteiger partial charge in [-0.05, 0) is 13.3 Å². The second kappa shape index (κ2) is 5.07. The highest BCUT2D eigenvalue weighted by Crippen LogP contribution is 2.15. The minimum Gasteiger partial charge on any atom is -0.448 e. The second-order valence-corrected chi connectivity index (χ2v) is 3.04. The number of esters is 1. The Labute approximate surface area is 82.6 Å². The Morgan fingerprint density at radius 2 is 2.08 bits per heavy atom. The summed E-state index contributed by atoms with van der Waals surface area (Å²) < 4.78 is 4.91. The van der Waals surface area contributed by atoms with Gasteiger partial charge in [-0.1, -0.05) is 6.92 Å². The first-order valence-electron chi connectivity index (χ1n) is 4.00. The number of likely N-dealkylation sites (N-methyl/N-ethyl adjacent to an activating group) is 1. The van der Waals surface area contributed by atoms with Crippen molar-refractivity contribution in [1.29, 1.82) is 0 Å². The molecular formula is C8H14ClNO3. The third kappa shape index (κ3) is 3.22. The molecule has 4 nitrogen and oxygen atoms in total. The quantitative estimate of drug-likeness (QED) is 0.545. The molecule has 0 unspecified atom stereocenters. The molecule has 0 aliphatic carbocycles. The molecule has 0 aromatic carbocycles. The van der Waals surface area contributed by atoms with Crippen molar-refractivity contribution in [2.24, 2.45) is 0 Å². The van der Waals surface area contributed by atoms with Gasteiger partial charge in [0.15, 0.2) is 5.60 Å². The smallest absolute Gasteiger partial charge is 0.321 e. The van der Waals surface area contributed by atoms with Crippen molar-refractivity contribution in [2.75, 3.05) is 12.9 Å². The molecule has 76 valence electrons. The molecule has 0 aliphatic heterocycles. The zero-order valence-electron chi connectivity index (χ0n) is 8.02.